The van der Waals surface area contributed by atoms with E-state index in [1.54, 1.807) is 0 Å². The third-order valence-electron chi connectivity index (χ3n) is 4.06. The number of halogens is 1. The molecular formula is C17H35IN4O. The average molecular weight is 438 g/mol. The number of hydrogen-bond acceptors (Lipinski definition) is 2. The SMILES string of the molecule is CCCCC(CC)CN=C(NCC)NCCNC(=O)C1CC1.I. The molecule has 23 heavy (non-hydrogen) atoms. The van der Waals surface area contributed by atoms with Gasteiger partial charge in [0.2, 0.25) is 5.91 Å². The van der Waals surface area contributed by atoms with Gasteiger partial charge in [-0.25, -0.2) is 0 Å². The summed E-state index contributed by atoms with van der Waals surface area (Å²) in [5, 5.41) is 9.52. The van der Waals surface area contributed by atoms with E-state index < -0.39 is 0 Å². The number of amides is 1. The number of aliphatic imine (C=N–C) groups is 1. The zero-order valence-electron chi connectivity index (χ0n) is 15.0. The van der Waals surface area contributed by atoms with Gasteiger partial charge in [0.05, 0.1) is 0 Å². The zero-order valence-corrected chi connectivity index (χ0v) is 17.3. The molecule has 1 fully saturated rings. The summed E-state index contributed by atoms with van der Waals surface area (Å²) in [6.07, 6.45) is 7.08. The van der Waals surface area contributed by atoms with Crippen molar-refractivity contribution in [2.45, 2.75) is 59.3 Å². The Balaban J connectivity index is 0.00000484. The van der Waals surface area contributed by atoms with Crippen LogP contribution in [0.3, 0.4) is 0 Å². The minimum absolute atomic E-state index is 0. The molecule has 1 atom stereocenters. The predicted molar refractivity (Wildman–Crippen MR) is 108 cm³/mol. The number of hydrogen-bond donors (Lipinski definition) is 3. The summed E-state index contributed by atoms with van der Waals surface area (Å²) >= 11 is 0. The van der Waals surface area contributed by atoms with Gasteiger partial charge in [-0.05, 0) is 32.1 Å². The van der Waals surface area contributed by atoms with Crippen LogP contribution in [-0.4, -0.2) is 38.0 Å². The fourth-order valence-electron chi connectivity index (χ4n) is 2.34. The molecule has 1 rings (SSSR count). The Morgan fingerprint density at radius 3 is 2.39 bits per heavy atom. The smallest absolute Gasteiger partial charge is 0.223 e. The van der Waals surface area contributed by atoms with Crippen LogP contribution >= 0.6 is 24.0 Å². The molecule has 0 bridgehead atoms. The Morgan fingerprint density at radius 2 is 1.83 bits per heavy atom. The van der Waals surface area contributed by atoms with Crippen LogP contribution in [0.5, 0.6) is 0 Å². The van der Waals surface area contributed by atoms with Gasteiger partial charge in [-0.2, -0.15) is 0 Å². The fraction of sp³-hybridized carbons (Fsp3) is 0.882. The maximum atomic E-state index is 11.5. The van der Waals surface area contributed by atoms with Gasteiger partial charge in [0, 0.05) is 32.1 Å². The van der Waals surface area contributed by atoms with E-state index in [1.165, 1.54) is 25.7 Å². The van der Waals surface area contributed by atoms with Gasteiger partial charge in [-0.1, -0.05) is 33.1 Å². The normalized spacial score (nSPS) is 15.5. The lowest BCUT2D eigenvalue weighted by Crippen LogP contribution is -2.42. The highest BCUT2D eigenvalue weighted by atomic mass is 127. The van der Waals surface area contributed by atoms with E-state index in [-0.39, 0.29) is 35.8 Å². The quantitative estimate of drug-likeness (QED) is 0.201. The summed E-state index contributed by atoms with van der Waals surface area (Å²) in [7, 11) is 0. The molecule has 1 unspecified atom stereocenters. The van der Waals surface area contributed by atoms with Crippen LogP contribution in [0.15, 0.2) is 4.99 Å². The van der Waals surface area contributed by atoms with E-state index >= 15 is 0 Å². The zero-order chi connectivity index (χ0) is 16.2. The van der Waals surface area contributed by atoms with E-state index in [9.17, 15) is 4.79 Å². The molecule has 1 aliphatic carbocycles. The van der Waals surface area contributed by atoms with Crippen molar-refractivity contribution in [3.05, 3.63) is 0 Å². The topological polar surface area (TPSA) is 65.5 Å². The van der Waals surface area contributed by atoms with Crippen molar-refractivity contribution in [2.24, 2.45) is 16.8 Å². The maximum absolute atomic E-state index is 11.5. The van der Waals surface area contributed by atoms with E-state index in [2.05, 4.69) is 41.7 Å². The largest absolute Gasteiger partial charge is 0.357 e. The Bertz CT molecular complexity index is 345. The van der Waals surface area contributed by atoms with Crippen LogP contribution in [0.4, 0.5) is 0 Å². The third-order valence-corrected chi connectivity index (χ3v) is 4.06. The van der Waals surface area contributed by atoms with Gasteiger partial charge in [0.25, 0.3) is 0 Å². The first-order valence-corrected chi connectivity index (χ1v) is 9.01. The molecule has 0 aromatic rings. The maximum Gasteiger partial charge on any atom is 0.223 e. The molecule has 5 nitrogen and oxygen atoms in total. The summed E-state index contributed by atoms with van der Waals surface area (Å²) < 4.78 is 0. The predicted octanol–water partition coefficient (Wildman–Crippen LogP) is 2.90. The summed E-state index contributed by atoms with van der Waals surface area (Å²) in [6, 6.07) is 0. The minimum Gasteiger partial charge on any atom is -0.357 e. The molecular weight excluding hydrogens is 403 g/mol. The first kappa shape index (κ1) is 22.5. The van der Waals surface area contributed by atoms with Crippen LogP contribution in [0.1, 0.15) is 59.3 Å². The fourth-order valence-corrected chi connectivity index (χ4v) is 2.34. The standard InChI is InChI=1S/C17H34N4O.HI/c1-4-7-8-14(5-2)13-21-17(18-6-3)20-12-11-19-16(22)15-9-10-15;/h14-15H,4-13H2,1-3H3,(H,19,22)(H2,18,20,21);1H. The van der Waals surface area contributed by atoms with Crippen LogP contribution in [0, 0.1) is 11.8 Å². The molecule has 6 heteroatoms. The average Bonchev–Trinajstić information content (AvgIpc) is 3.36. The Morgan fingerprint density at radius 1 is 1.13 bits per heavy atom. The number of guanidine groups is 1. The summed E-state index contributed by atoms with van der Waals surface area (Å²) in [5.41, 5.74) is 0. The Kier molecular flexibility index (Phi) is 13.5. The Labute approximate surface area is 158 Å². The van der Waals surface area contributed by atoms with E-state index in [4.69, 9.17) is 0 Å². The molecule has 3 N–H and O–H groups in total. The van der Waals surface area contributed by atoms with Crippen molar-refractivity contribution in [3.63, 3.8) is 0 Å². The second-order valence-corrected chi connectivity index (χ2v) is 6.13. The summed E-state index contributed by atoms with van der Waals surface area (Å²) in [4.78, 5) is 16.2. The number of rotatable bonds is 11. The highest BCUT2D eigenvalue weighted by Crippen LogP contribution is 2.28. The van der Waals surface area contributed by atoms with E-state index in [1.807, 2.05) is 0 Å². The van der Waals surface area contributed by atoms with Gasteiger partial charge in [-0.3, -0.25) is 9.79 Å². The molecule has 0 heterocycles. The van der Waals surface area contributed by atoms with Crippen LogP contribution in [0.2, 0.25) is 0 Å². The molecule has 0 aliphatic heterocycles. The van der Waals surface area contributed by atoms with E-state index in [0.29, 0.717) is 12.5 Å². The van der Waals surface area contributed by atoms with Crippen molar-refractivity contribution in [3.8, 4) is 0 Å². The lowest BCUT2D eigenvalue weighted by atomic mass is 10.00. The third kappa shape index (κ3) is 10.8. The van der Waals surface area contributed by atoms with Gasteiger partial charge < -0.3 is 16.0 Å². The minimum atomic E-state index is 0. The van der Waals surface area contributed by atoms with Crippen LogP contribution in [0.25, 0.3) is 0 Å². The van der Waals surface area contributed by atoms with Crippen molar-refractivity contribution < 1.29 is 4.79 Å². The van der Waals surface area contributed by atoms with Gasteiger partial charge >= 0.3 is 0 Å². The molecule has 0 aromatic carbocycles. The van der Waals surface area contributed by atoms with Crippen LogP contribution in [-0.2, 0) is 4.79 Å². The molecule has 1 aliphatic rings. The lowest BCUT2D eigenvalue weighted by Gasteiger charge is -2.15. The lowest BCUT2D eigenvalue weighted by molar-refractivity contribution is -0.122. The van der Waals surface area contributed by atoms with Crippen molar-refractivity contribution in [2.75, 3.05) is 26.2 Å². The number of carbonyl (C=O) groups excluding carboxylic acids is 1. The van der Waals surface area contributed by atoms with Gasteiger partial charge in [-0.15, -0.1) is 24.0 Å². The molecule has 0 saturated heterocycles. The molecule has 1 amide bonds. The second kappa shape index (κ2) is 13.9. The number of nitrogens with one attached hydrogen (secondary N) is 3. The van der Waals surface area contributed by atoms with Gasteiger partial charge in [0.1, 0.15) is 0 Å². The highest BCUT2D eigenvalue weighted by Gasteiger charge is 2.28. The first-order chi connectivity index (χ1) is 10.7. The number of carbonyl (C=O) groups is 1. The molecule has 136 valence electrons. The second-order valence-electron chi connectivity index (χ2n) is 6.13. The first-order valence-electron chi connectivity index (χ1n) is 9.01. The Hall–Kier alpha value is -0.530. The highest BCUT2D eigenvalue weighted by molar-refractivity contribution is 14.0. The molecule has 0 aromatic heterocycles. The molecule has 0 radical (unpaired) electrons. The number of unbranched alkanes of at least 4 members (excludes halogenated alkanes) is 1. The van der Waals surface area contributed by atoms with E-state index in [0.717, 1.165) is 38.4 Å². The molecule has 1 saturated carbocycles. The van der Waals surface area contributed by atoms with Gasteiger partial charge in [0.15, 0.2) is 5.96 Å². The molecule has 0 spiro atoms. The summed E-state index contributed by atoms with van der Waals surface area (Å²) in [5.74, 6) is 2.02. The summed E-state index contributed by atoms with van der Waals surface area (Å²) in [6.45, 7) is 9.65. The van der Waals surface area contributed by atoms with Crippen molar-refractivity contribution in [1.29, 1.82) is 0 Å². The van der Waals surface area contributed by atoms with Crippen molar-refractivity contribution in [1.82, 2.24) is 16.0 Å². The number of nitrogens with zero attached hydrogens (tertiary/aromatic N) is 1. The van der Waals surface area contributed by atoms with Crippen molar-refractivity contribution >= 4 is 35.8 Å². The van der Waals surface area contributed by atoms with Crippen LogP contribution < -0.4 is 16.0 Å². The monoisotopic (exact) mass is 438 g/mol.